The minimum atomic E-state index is -1.83. The van der Waals surface area contributed by atoms with Gasteiger partial charge in [-0.1, -0.05) is 48.6 Å². The van der Waals surface area contributed by atoms with Crippen LogP contribution in [-0.2, 0) is 4.79 Å². The maximum atomic E-state index is 10.7. The van der Waals surface area contributed by atoms with E-state index in [1.807, 2.05) is 60.6 Å². The van der Waals surface area contributed by atoms with Gasteiger partial charge in [0.05, 0.1) is 0 Å². The monoisotopic (exact) mass is 244 g/mol. The summed E-state index contributed by atoms with van der Waals surface area (Å²) in [4.78, 5) is 19.3. The van der Waals surface area contributed by atoms with E-state index < -0.39 is 6.16 Å². The highest BCUT2D eigenvalue weighted by Crippen LogP contribution is 2.27. The number of carbonyl (C=O) groups is 1. The van der Waals surface area contributed by atoms with Crippen LogP contribution < -0.4 is 0 Å². The molecule has 1 aliphatic carbocycles. The highest BCUT2D eigenvalue weighted by Gasteiger charge is 2.13. The van der Waals surface area contributed by atoms with Crippen LogP contribution in [0.1, 0.15) is 11.5 Å². The average Bonchev–Trinajstić information content (AvgIpc) is 2.39. The highest BCUT2D eigenvalue weighted by atomic mass is 16.6. The van der Waals surface area contributed by atoms with Crippen LogP contribution in [0.15, 0.2) is 60.2 Å². The Morgan fingerprint density at radius 2 is 1.72 bits per heavy atom. The lowest BCUT2D eigenvalue weighted by Gasteiger charge is -2.13. The lowest BCUT2D eigenvalue weighted by Crippen LogP contribution is -2.00. The van der Waals surface area contributed by atoms with Crippen LogP contribution in [0.4, 0.5) is 4.79 Å². The summed E-state index contributed by atoms with van der Waals surface area (Å²) in [5.41, 5.74) is 1.82. The lowest BCUT2D eigenvalue weighted by atomic mass is 9.89. The summed E-state index contributed by atoms with van der Waals surface area (Å²) < 4.78 is 0. The molecule has 1 aromatic carbocycles. The van der Waals surface area contributed by atoms with Gasteiger partial charge in [-0.3, -0.25) is 0 Å². The lowest BCUT2D eigenvalue weighted by molar-refractivity contribution is 0.137. The van der Waals surface area contributed by atoms with Gasteiger partial charge in [0, 0.05) is 11.5 Å². The first-order valence-corrected chi connectivity index (χ1v) is 5.22. The summed E-state index contributed by atoms with van der Waals surface area (Å²) in [5, 5.41) is 13.9. The quantitative estimate of drug-likeness (QED) is 0.745. The van der Waals surface area contributed by atoms with Crippen molar-refractivity contribution in [1.82, 2.24) is 0 Å². The Morgan fingerprint density at radius 3 is 2.28 bits per heavy atom. The number of hydrogen-bond acceptors (Lipinski definition) is 2. The van der Waals surface area contributed by atoms with Gasteiger partial charge in [0.25, 0.3) is 0 Å². The first kappa shape index (κ1) is 13.5. The molecule has 0 saturated carbocycles. The van der Waals surface area contributed by atoms with Crippen LogP contribution in [0.3, 0.4) is 0 Å². The second kappa shape index (κ2) is 6.89. The molecule has 4 nitrogen and oxygen atoms in total. The van der Waals surface area contributed by atoms with E-state index in [1.54, 1.807) is 0 Å². The van der Waals surface area contributed by atoms with E-state index in [0.717, 1.165) is 5.56 Å². The third-order valence-corrected chi connectivity index (χ3v) is 2.30. The van der Waals surface area contributed by atoms with E-state index in [2.05, 4.69) is 0 Å². The van der Waals surface area contributed by atoms with Crippen molar-refractivity contribution in [3.8, 4) is 0 Å². The zero-order chi connectivity index (χ0) is 13.4. The zero-order valence-electron chi connectivity index (χ0n) is 9.48. The van der Waals surface area contributed by atoms with E-state index in [1.165, 1.54) is 0 Å². The van der Waals surface area contributed by atoms with Crippen LogP contribution in [-0.4, -0.2) is 22.3 Å². The molecule has 0 aromatic heterocycles. The largest absolute Gasteiger partial charge is 0.503 e. The third-order valence-electron chi connectivity index (χ3n) is 2.30. The summed E-state index contributed by atoms with van der Waals surface area (Å²) in [7, 11) is 0. The summed E-state index contributed by atoms with van der Waals surface area (Å²) in [6.45, 7) is 0. The molecule has 92 valence electrons. The first-order valence-electron chi connectivity index (χ1n) is 5.22. The Hall–Kier alpha value is -2.58. The molecular weight excluding hydrogens is 232 g/mol. The van der Waals surface area contributed by atoms with Gasteiger partial charge >= 0.3 is 6.16 Å². The van der Waals surface area contributed by atoms with Crippen LogP contribution >= 0.6 is 0 Å². The normalized spacial score (nSPS) is 16.4. The fraction of sp³-hybridized carbons (Fsp3) is 0.0714. The highest BCUT2D eigenvalue weighted by molar-refractivity contribution is 5.64. The third kappa shape index (κ3) is 4.12. The van der Waals surface area contributed by atoms with Crippen molar-refractivity contribution in [2.45, 2.75) is 5.92 Å². The van der Waals surface area contributed by atoms with Gasteiger partial charge in [0.2, 0.25) is 0 Å². The smallest absolute Gasteiger partial charge is 0.450 e. The van der Waals surface area contributed by atoms with Crippen molar-refractivity contribution in [1.29, 1.82) is 0 Å². The Morgan fingerprint density at radius 1 is 1.11 bits per heavy atom. The minimum Gasteiger partial charge on any atom is -0.450 e. The van der Waals surface area contributed by atoms with E-state index in [4.69, 9.17) is 15.0 Å². The summed E-state index contributed by atoms with van der Waals surface area (Å²) in [5.74, 6) is 2.05. The molecule has 4 heteroatoms. The fourth-order valence-electron chi connectivity index (χ4n) is 1.59. The first-order chi connectivity index (χ1) is 8.65. The molecule has 2 rings (SSSR count). The standard InChI is InChI=1S/C13H10O.CH2O3/c14-10-12-8-4-5-9-13(12)11-6-2-1-3-7-11;2-1(3)4/h1-9,13H;(H2,2,3,4). The molecule has 1 aromatic rings. The Bertz CT molecular complexity index is 504. The zero-order valence-corrected chi connectivity index (χ0v) is 9.48. The van der Waals surface area contributed by atoms with E-state index in [9.17, 15) is 4.79 Å². The molecule has 2 N–H and O–H groups in total. The van der Waals surface area contributed by atoms with E-state index >= 15 is 0 Å². The number of rotatable bonds is 1. The van der Waals surface area contributed by atoms with Crippen LogP contribution in [0, 0.1) is 0 Å². The van der Waals surface area contributed by atoms with Crippen LogP contribution in [0.2, 0.25) is 0 Å². The maximum absolute atomic E-state index is 10.7. The van der Waals surface area contributed by atoms with E-state index in [-0.39, 0.29) is 5.92 Å². The van der Waals surface area contributed by atoms with Crippen molar-refractivity contribution in [3.63, 3.8) is 0 Å². The second-order valence-electron chi connectivity index (χ2n) is 3.47. The molecule has 0 fully saturated rings. The van der Waals surface area contributed by atoms with Gasteiger partial charge in [-0.05, 0) is 11.6 Å². The molecule has 0 spiro atoms. The van der Waals surface area contributed by atoms with Crippen molar-refractivity contribution in [3.05, 3.63) is 65.8 Å². The summed E-state index contributed by atoms with van der Waals surface area (Å²) in [6.07, 6.45) is 5.80. The van der Waals surface area contributed by atoms with Gasteiger partial charge in [-0.2, -0.15) is 0 Å². The molecule has 0 saturated heterocycles. The fourth-order valence-corrected chi connectivity index (χ4v) is 1.59. The molecular formula is C14H12O4. The molecule has 0 amide bonds. The van der Waals surface area contributed by atoms with Crippen molar-refractivity contribution in [2.24, 2.45) is 0 Å². The molecule has 1 atom stereocenters. The molecule has 18 heavy (non-hydrogen) atoms. The SMILES string of the molecule is O=C(O)O.O=C=C1C=CC=CC1c1ccccc1. The van der Waals surface area contributed by atoms with Gasteiger partial charge < -0.3 is 10.2 Å². The average molecular weight is 244 g/mol. The molecule has 0 heterocycles. The van der Waals surface area contributed by atoms with Gasteiger partial charge in [0.1, 0.15) is 5.94 Å². The summed E-state index contributed by atoms with van der Waals surface area (Å²) in [6, 6.07) is 9.96. The number of allylic oxidation sites excluding steroid dienone is 5. The molecule has 1 unspecified atom stereocenters. The van der Waals surface area contributed by atoms with Gasteiger partial charge in [-0.25, -0.2) is 9.59 Å². The Labute approximate surface area is 104 Å². The number of benzene rings is 1. The predicted octanol–water partition coefficient (Wildman–Crippen LogP) is 2.88. The molecule has 0 bridgehead atoms. The van der Waals surface area contributed by atoms with Crippen molar-refractivity contribution >= 4 is 12.1 Å². The number of carbonyl (C=O) groups excluding carboxylic acids is 1. The second-order valence-corrected chi connectivity index (χ2v) is 3.47. The number of hydrogen-bond donors (Lipinski definition) is 2. The Balaban J connectivity index is 0.000000357. The maximum Gasteiger partial charge on any atom is 0.503 e. The van der Waals surface area contributed by atoms with Gasteiger partial charge in [0.15, 0.2) is 0 Å². The van der Waals surface area contributed by atoms with E-state index in [0.29, 0.717) is 5.57 Å². The number of carboxylic acid groups (broad SMARTS) is 2. The van der Waals surface area contributed by atoms with Crippen LogP contribution in [0.5, 0.6) is 0 Å². The van der Waals surface area contributed by atoms with Gasteiger partial charge in [-0.15, -0.1) is 0 Å². The van der Waals surface area contributed by atoms with Crippen molar-refractivity contribution < 1.29 is 19.8 Å². The minimum absolute atomic E-state index is 0.0682. The van der Waals surface area contributed by atoms with Crippen LogP contribution in [0.25, 0.3) is 0 Å². The topological polar surface area (TPSA) is 74.6 Å². The molecule has 1 aliphatic rings. The van der Waals surface area contributed by atoms with Crippen molar-refractivity contribution in [2.75, 3.05) is 0 Å². The molecule has 0 aliphatic heterocycles. The Kier molecular flexibility index (Phi) is 5.16. The predicted molar refractivity (Wildman–Crippen MR) is 67.3 cm³/mol. The molecule has 0 radical (unpaired) electrons. The summed E-state index contributed by atoms with van der Waals surface area (Å²) >= 11 is 0.